The van der Waals surface area contributed by atoms with E-state index in [-0.39, 0.29) is 11.8 Å². The molecule has 1 heterocycles. The van der Waals surface area contributed by atoms with Crippen LogP contribution >= 0.6 is 0 Å². The van der Waals surface area contributed by atoms with Gasteiger partial charge in [-0.15, -0.1) is 0 Å². The Kier molecular flexibility index (Phi) is 7.45. The molecule has 2 atom stereocenters. The minimum absolute atomic E-state index is 0.0942. The first-order chi connectivity index (χ1) is 14.5. The Morgan fingerprint density at radius 1 is 0.933 bits per heavy atom. The highest BCUT2D eigenvalue weighted by Crippen LogP contribution is 2.45. The summed E-state index contributed by atoms with van der Waals surface area (Å²) in [6.07, 6.45) is 7.43. The predicted octanol–water partition coefficient (Wildman–Crippen LogP) is 3.84. The zero-order valence-corrected chi connectivity index (χ0v) is 18.2. The van der Waals surface area contributed by atoms with Gasteiger partial charge in [0.2, 0.25) is 11.7 Å². The second-order valence-electron chi connectivity index (χ2n) is 8.22. The molecule has 2 aliphatic rings. The third-order valence-electron chi connectivity index (χ3n) is 6.50. The first-order valence-electron chi connectivity index (χ1n) is 10.8. The van der Waals surface area contributed by atoms with E-state index in [2.05, 4.69) is 0 Å². The molecule has 1 saturated heterocycles. The summed E-state index contributed by atoms with van der Waals surface area (Å²) in [6, 6.07) is 2.94. The van der Waals surface area contributed by atoms with Crippen molar-refractivity contribution in [1.29, 1.82) is 0 Å². The van der Waals surface area contributed by atoms with Crippen LogP contribution in [0, 0.1) is 5.92 Å². The van der Waals surface area contributed by atoms with Crippen LogP contribution in [0.4, 0.5) is 0 Å². The lowest BCUT2D eigenvalue weighted by Crippen LogP contribution is -2.50. The minimum Gasteiger partial charge on any atom is -0.493 e. The second-order valence-corrected chi connectivity index (χ2v) is 8.22. The van der Waals surface area contributed by atoms with Crippen molar-refractivity contribution in [2.45, 2.75) is 63.3 Å². The Hall–Kier alpha value is -2.44. The van der Waals surface area contributed by atoms with E-state index in [1.807, 2.05) is 12.1 Å². The molecule has 1 aromatic carbocycles. The van der Waals surface area contributed by atoms with Crippen LogP contribution in [-0.2, 0) is 9.59 Å². The highest BCUT2D eigenvalue weighted by Gasteiger charge is 2.40. The maximum atomic E-state index is 13.8. The van der Waals surface area contributed by atoms with Gasteiger partial charge in [-0.2, -0.15) is 0 Å². The number of hydrogen-bond donors (Lipinski definition) is 1. The van der Waals surface area contributed by atoms with Crippen molar-refractivity contribution >= 4 is 11.9 Å². The van der Waals surface area contributed by atoms with Gasteiger partial charge in [0.1, 0.15) is 6.04 Å². The lowest BCUT2D eigenvalue weighted by molar-refractivity contribution is -0.153. The topological polar surface area (TPSA) is 85.3 Å². The van der Waals surface area contributed by atoms with Crippen LogP contribution < -0.4 is 14.2 Å². The summed E-state index contributed by atoms with van der Waals surface area (Å²) >= 11 is 0. The van der Waals surface area contributed by atoms with Gasteiger partial charge >= 0.3 is 5.97 Å². The molecule has 1 aromatic rings. The number of amides is 1. The molecule has 0 radical (unpaired) electrons. The van der Waals surface area contributed by atoms with Gasteiger partial charge in [0.05, 0.1) is 27.2 Å². The maximum absolute atomic E-state index is 13.8. The molecule has 0 aromatic heterocycles. The fourth-order valence-electron chi connectivity index (χ4n) is 5.00. The quantitative estimate of drug-likeness (QED) is 0.723. The fraction of sp³-hybridized carbons (Fsp3) is 0.652. The summed E-state index contributed by atoms with van der Waals surface area (Å²) in [6.45, 7) is 0.490. The standard InChI is InChI=1S/C23H33NO6/c1-28-18-13-16(14-19(29-2)21(18)30-3)20(15-9-5-4-6-10-15)22(25)24-12-8-7-11-17(24)23(26)27/h13-15,17,20H,4-12H2,1-3H3,(H,26,27). The first kappa shape index (κ1) is 22.2. The van der Waals surface area contributed by atoms with Gasteiger partial charge in [-0.25, -0.2) is 4.79 Å². The van der Waals surface area contributed by atoms with Crippen molar-refractivity contribution < 1.29 is 28.9 Å². The number of carbonyl (C=O) groups is 2. The van der Waals surface area contributed by atoms with E-state index < -0.39 is 17.9 Å². The molecule has 1 aliphatic heterocycles. The van der Waals surface area contributed by atoms with Gasteiger partial charge in [-0.05, 0) is 55.7 Å². The molecule has 30 heavy (non-hydrogen) atoms. The highest BCUT2D eigenvalue weighted by molar-refractivity contribution is 5.89. The van der Waals surface area contributed by atoms with Gasteiger partial charge in [0.25, 0.3) is 0 Å². The summed E-state index contributed by atoms with van der Waals surface area (Å²) in [4.78, 5) is 27.2. The molecule has 7 heteroatoms. The molecule has 1 N–H and O–H groups in total. The lowest BCUT2D eigenvalue weighted by atomic mass is 9.75. The van der Waals surface area contributed by atoms with Gasteiger partial charge in [0, 0.05) is 6.54 Å². The van der Waals surface area contributed by atoms with Gasteiger partial charge in [-0.3, -0.25) is 4.79 Å². The summed E-state index contributed by atoms with van der Waals surface area (Å²) < 4.78 is 16.5. The smallest absolute Gasteiger partial charge is 0.326 e. The third kappa shape index (κ3) is 4.50. The van der Waals surface area contributed by atoms with Crippen LogP contribution in [0.3, 0.4) is 0 Å². The number of ether oxygens (including phenoxy) is 3. The average molecular weight is 420 g/mol. The lowest BCUT2D eigenvalue weighted by Gasteiger charge is -2.39. The number of likely N-dealkylation sites (tertiary alicyclic amines) is 1. The van der Waals surface area contributed by atoms with E-state index in [1.165, 1.54) is 6.42 Å². The number of carboxylic acids is 1. The Bertz CT molecular complexity index is 733. The molecular weight excluding hydrogens is 386 g/mol. The van der Waals surface area contributed by atoms with E-state index in [4.69, 9.17) is 14.2 Å². The van der Waals surface area contributed by atoms with Crippen LogP contribution in [0.1, 0.15) is 62.8 Å². The van der Waals surface area contributed by atoms with Gasteiger partial charge in [-0.1, -0.05) is 19.3 Å². The number of hydrogen-bond acceptors (Lipinski definition) is 5. The van der Waals surface area contributed by atoms with Crippen LogP contribution in [0.2, 0.25) is 0 Å². The largest absolute Gasteiger partial charge is 0.493 e. The van der Waals surface area contributed by atoms with Crippen LogP contribution in [0.15, 0.2) is 12.1 Å². The molecule has 2 fully saturated rings. The normalized spacial score (nSPS) is 21.0. The Morgan fingerprint density at radius 2 is 1.53 bits per heavy atom. The monoisotopic (exact) mass is 419 g/mol. The molecule has 0 bridgehead atoms. The molecule has 166 valence electrons. The van der Waals surface area contributed by atoms with Crippen molar-refractivity contribution in [3.63, 3.8) is 0 Å². The molecule has 2 unspecified atom stereocenters. The molecule has 1 aliphatic carbocycles. The molecule has 3 rings (SSSR count). The van der Waals surface area contributed by atoms with Crippen molar-refractivity contribution in [3.8, 4) is 17.2 Å². The van der Waals surface area contributed by atoms with Crippen molar-refractivity contribution in [2.24, 2.45) is 5.92 Å². The highest BCUT2D eigenvalue weighted by atomic mass is 16.5. The minimum atomic E-state index is -0.921. The predicted molar refractivity (Wildman–Crippen MR) is 112 cm³/mol. The first-order valence-corrected chi connectivity index (χ1v) is 10.8. The fourth-order valence-corrected chi connectivity index (χ4v) is 5.00. The number of piperidine rings is 1. The average Bonchev–Trinajstić information content (AvgIpc) is 2.79. The van der Waals surface area contributed by atoms with Crippen LogP contribution in [0.5, 0.6) is 17.2 Å². The molecule has 0 spiro atoms. The zero-order valence-electron chi connectivity index (χ0n) is 18.2. The van der Waals surface area contributed by atoms with E-state index in [9.17, 15) is 14.7 Å². The summed E-state index contributed by atoms with van der Waals surface area (Å²) in [5.74, 6) is 0.241. The number of benzene rings is 1. The van der Waals surface area contributed by atoms with Crippen LogP contribution in [0.25, 0.3) is 0 Å². The summed E-state index contributed by atoms with van der Waals surface area (Å²) in [7, 11) is 4.67. The number of nitrogens with zero attached hydrogens (tertiary/aromatic N) is 1. The number of carbonyl (C=O) groups excluding carboxylic acids is 1. The molecular formula is C23H33NO6. The SMILES string of the molecule is COc1cc(C(C(=O)N2CCCCC2C(=O)O)C2CCCCC2)cc(OC)c1OC. The number of rotatable bonds is 7. The second kappa shape index (κ2) is 10.0. The van der Waals surface area contributed by atoms with Crippen molar-refractivity contribution in [1.82, 2.24) is 4.90 Å². The Labute approximate surface area is 178 Å². The zero-order chi connectivity index (χ0) is 21.7. The summed E-state index contributed by atoms with van der Waals surface area (Å²) in [5.41, 5.74) is 0.802. The van der Waals surface area contributed by atoms with E-state index in [0.717, 1.165) is 44.1 Å². The summed E-state index contributed by atoms with van der Waals surface area (Å²) in [5, 5.41) is 9.70. The Balaban J connectivity index is 2.05. The van der Waals surface area contributed by atoms with E-state index in [0.29, 0.717) is 30.2 Å². The molecule has 1 saturated carbocycles. The van der Waals surface area contributed by atoms with Gasteiger partial charge in [0.15, 0.2) is 11.5 Å². The Morgan fingerprint density at radius 3 is 2.07 bits per heavy atom. The maximum Gasteiger partial charge on any atom is 0.326 e. The number of aliphatic carboxylic acids is 1. The van der Waals surface area contributed by atoms with E-state index in [1.54, 1.807) is 26.2 Å². The number of carboxylic acid groups (broad SMARTS) is 1. The van der Waals surface area contributed by atoms with Crippen LogP contribution in [-0.4, -0.2) is 55.8 Å². The molecule has 1 amide bonds. The van der Waals surface area contributed by atoms with Crippen molar-refractivity contribution in [3.05, 3.63) is 17.7 Å². The third-order valence-corrected chi connectivity index (χ3v) is 6.50. The van der Waals surface area contributed by atoms with E-state index >= 15 is 0 Å². The number of methoxy groups -OCH3 is 3. The molecule has 7 nitrogen and oxygen atoms in total. The van der Waals surface area contributed by atoms with Crippen molar-refractivity contribution in [2.75, 3.05) is 27.9 Å². The van der Waals surface area contributed by atoms with Gasteiger partial charge < -0.3 is 24.2 Å².